The number of methoxy groups -OCH3 is 1. The molecule has 0 spiro atoms. The van der Waals surface area contributed by atoms with E-state index in [0.717, 1.165) is 0 Å². The van der Waals surface area contributed by atoms with Gasteiger partial charge in [-0.3, -0.25) is 14.9 Å². The number of amides is 1. The Balaban J connectivity index is 1.59. The molecular weight excluding hydrogens is 450 g/mol. The van der Waals surface area contributed by atoms with E-state index in [0.29, 0.717) is 54.6 Å². The van der Waals surface area contributed by atoms with Crippen LogP contribution in [0.1, 0.15) is 10.4 Å². The van der Waals surface area contributed by atoms with Crippen LogP contribution in [0.5, 0.6) is 5.75 Å². The summed E-state index contributed by atoms with van der Waals surface area (Å²) in [7, 11) is 1.49. The highest BCUT2D eigenvalue weighted by molar-refractivity contribution is 6.32. The Hall–Kier alpha value is -3.76. The summed E-state index contributed by atoms with van der Waals surface area (Å²) >= 11 is 6.25. The Morgan fingerprint density at radius 2 is 2.03 bits per heavy atom. The van der Waals surface area contributed by atoms with E-state index in [1.165, 1.54) is 25.4 Å². The molecule has 1 N–H and O–H groups in total. The molecule has 1 aromatic heterocycles. The molecule has 0 bridgehead atoms. The lowest BCUT2D eigenvalue weighted by Gasteiger charge is -2.27. The summed E-state index contributed by atoms with van der Waals surface area (Å²) < 4.78 is 10.7. The van der Waals surface area contributed by atoms with Crippen molar-refractivity contribution in [3.63, 3.8) is 0 Å². The number of morpholine rings is 1. The molecule has 1 saturated heterocycles. The number of nitro groups is 1. The Labute approximate surface area is 194 Å². The number of ether oxygens (including phenoxy) is 2. The number of nitro benzene ring substituents is 1. The Morgan fingerprint density at radius 3 is 2.76 bits per heavy atom. The number of aromatic nitrogens is 2. The van der Waals surface area contributed by atoms with Gasteiger partial charge < -0.3 is 19.7 Å². The zero-order valence-electron chi connectivity index (χ0n) is 17.7. The molecule has 10 nitrogen and oxygen atoms in total. The number of non-ortho nitro benzene ring substituents is 1. The van der Waals surface area contributed by atoms with Crippen molar-refractivity contribution in [2.24, 2.45) is 0 Å². The number of carbonyl (C=O) groups excluding carboxylic acids is 1. The lowest BCUT2D eigenvalue weighted by atomic mass is 10.1. The molecule has 1 aliphatic heterocycles. The predicted octanol–water partition coefficient (Wildman–Crippen LogP) is 3.93. The van der Waals surface area contributed by atoms with Crippen molar-refractivity contribution in [2.45, 2.75) is 0 Å². The van der Waals surface area contributed by atoms with Crippen LogP contribution in [0.3, 0.4) is 0 Å². The summed E-state index contributed by atoms with van der Waals surface area (Å²) in [5, 5.41) is 14.4. The molecule has 33 heavy (non-hydrogen) atoms. The maximum Gasteiger partial charge on any atom is 0.270 e. The smallest absolute Gasteiger partial charge is 0.270 e. The zero-order chi connectivity index (χ0) is 23.4. The number of hydrogen-bond acceptors (Lipinski definition) is 8. The van der Waals surface area contributed by atoms with Gasteiger partial charge in [-0.2, -0.15) is 0 Å². The van der Waals surface area contributed by atoms with Crippen LogP contribution in [0.2, 0.25) is 5.02 Å². The van der Waals surface area contributed by atoms with Gasteiger partial charge in [0.2, 0.25) is 5.95 Å². The Kier molecular flexibility index (Phi) is 6.66. The second-order valence-electron chi connectivity index (χ2n) is 7.14. The first kappa shape index (κ1) is 22.4. The number of hydrogen-bond donors (Lipinski definition) is 1. The zero-order valence-corrected chi connectivity index (χ0v) is 18.4. The molecule has 2 heterocycles. The van der Waals surface area contributed by atoms with E-state index in [9.17, 15) is 14.9 Å². The molecule has 0 radical (unpaired) electrons. The Morgan fingerprint density at radius 1 is 1.24 bits per heavy atom. The van der Waals surface area contributed by atoms with E-state index in [-0.39, 0.29) is 22.6 Å². The fourth-order valence-corrected chi connectivity index (χ4v) is 3.61. The van der Waals surface area contributed by atoms with Gasteiger partial charge in [-0.1, -0.05) is 23.7 Å². The summed E-state index contributed by atoms with van der Waals surface area (Å²) in [5.41, 5.74) is 1.81. The van der Waals surface area contributed by atoms with Crippen molar-refractivity contribution in [3.05, 3.63) is 69.4 Å². The summed E-state index contributed by atoms with van der Waals surface area (Å²) in [6.07, 6.45) is 1.42. The first-order chi connectivity index (χ1) is 16.0. The lowest BCUT2D eigenvalue weighted by molar-refractivity contribution is -0.384. The van der Waals surface area contributed by atoms with Gasteiger partial charge in [0.15, 0.2) is 0 Å². The van der Waals surface area contributed by atoms with Crippen LogP contribution in [0, 0.1) is 10.1 Å². The number of rotatable bonds is 6. The van der Waals surface area contributed by atoms with Crippen LogP contribution in [0.25, 0.3) is 11.3 Å². The lowest BCUT2D eigenvalue weighted by Crippen LogP contribution is -2.40. The van der Waals surface area contributed by atoms with Gasteiger partial charge in [0.1, 0.15) is 5.75 Å². The normalized spacial score (nSPS) is 13.5. The number of carbonyl (C=O) groups is 1. The van der Waals surface area contributed by atoms with Crippen LogP contribution < -0.4 is 10.1 Å². The fraction of sp³-hybridized carbons (Fsp3) is 0.227. The molecule has 0 saturated carbocycles. The first-order valence-corrected chi connectivity index (χ1v) is 10.4. The van der Waals surface area contributed by atoms with Gasteiger partial charge in [0, 0.05) is 42.5 Å². The maximum absolute atomic E-state index is 12.8. The minimum atomic E-state index is -0.482. The highest BCUT2D eigenvalue weighted by Crippen LogP contribution is 2.30. The van der Waals surface area contributed by atoms with Crippen LogP contribution in [0.15, 0.2) is 48.7 Å². The van der Waals surface area contributed by atoms with Gasteiger partial charge in [0.05, 0.1) is 47.7 Å². The molecular formula is C22H20ClN5O5. The van der Waals surface area contributed by atoms with E-state index in [2.05, 4.69) is 15.3 Å². The van der Waals surface area contributed by atoms with E-state index in [4.69, 9.17) is 21.1 Å². The average Bonchev–Trinajstić information content (AvgIpc) is 2.85. The minimum Gasteiger partial charge on any atom is -0.496 e. The molecule has 4 rings (SSSR count). The van der Waals surface area contributed by atoms with Crippen molar-refractivity contribution >= 4 is 34.8 Å². The van der Waals surface area contributed by atoms with Crippen LogP contribution >= 0.6 is 11.6 Å². The number of halogens is 1. The summed E-state index contributed by atoms with van der Waals surface area (Å²) in [6.45, 7) is 2.07. The monoisotopic (exact) mass is 469 g/mol. The van der Waals surface area contributed by atoms with E-state index in [1.54, 1.807) is 35.2 Å². The Bertz CT molecular complexity index is 1200. The van der Waals surface area contributed by atoms with Gasteiger partial charge in [-0.25, -0.2) is 9.97 Å². The van der Waals surface area contributed by atoms with Gasteiger partial charge in [-0.15, -0.1) is 0 Å². The molecule has 11 heteroatoms. The van der Waals surface area contributed by atoms with Crippen LogP contribution in [-0.4, -0.2) is 59.1 Å². The molecule has 3 aromatic rings. The fourth-order valence-electron chi connectivity index (χ4n) is 3.41. The third kappa shape index (κ3) is 5.02. The van der Waals surface area contributed by atoms with Crippen molar-refractivity contribution in [3.8, 4) is 17.0 Å². The third-order valence-electron chi connectivity index (χ3n) is 5.06. The molecule has 2 aromatic carbocycles. The SMILES string of the molecule is COc1cc(Nc2ncc(Cl)c(-c3cccc([N+](=O)[O-])c3)n2)ccc1C(=O)N1CCOCC1. The van der Waals surface area contributed by atoms with Crippen molar-refractivity contribution in [1.82, 2.24) is 14.9 Å². The molecule has 0 unspecified atom stereocenters. The van der Waals surface area contributed by atoms with Gasteiger partial charge in [0.25, 0.3) is 11.6 Å². The van der Waals surface area contributed by atoms with Crippen LogP contribution in [-0.2, 0) is 4.74 Å². The average molecular weight is 470 g/mol. The second-order valence-corrected chi connectivity index (χ2v) is 7.55. The number of anilines is 2. The standard InChI is InChI=1S/C22H20ClN5O5/c1-32-19-12-15(5-6-17(19)21(29)27-7-9-33-10-8-27)25-22-24-13-18(23)20(26-22)14-3-2-4-16(11-14)28(30)31/h2-6,11-13H,7-10H2,1H3,(H,24,25,26). The number of benzene rings is 2. The largest absolute Gasteiger partial charge is 0.496 e. The molecule has 1 amide bonds. The summed E-state index contributed by atoms with van der Waals surface area (Å²) in [6, 6.07) is 11.1. The van der Waals surface area contributed by atoms with Gasteiger partial charge >= 0.3 is 0 Å². The maximum atomic E-state index is 12.8. The highest BCUT2D eigenvalue weighted by atomic mass is 35.5. The molecule has 0 aliphatic carbocycles. The van der Waals surface area contributed by atoms with Crippen molar-refractivity contribution in [1.29, 1.82) is 0 Å². The van der Waals surface area contributed by atoms with Crippen molar-refractivity contribution in [2.75, 3.05) is 38.7 Å². The topological polar surface area (TPSA) is 120 Å². The summed E-state index contributed by atoms with van der Waals surface area (Å²) in [5.74, 6) is 0.511. The van der Waals surface area contributed by atoms with Crippen molar-refractivity contribution < 1.29 is 19.2 Å². The molecule has 1 aliphatic rings. The van der Waals surface area contributed by atoms with E-state index < -0.39 is 4.92 Å². The predicted molar refractivity (Wildman–Crippen MR) is 122 cm³/mol. The summed E-state index contributed by atoms with van der Waals surface area (Å²) in [4.78, 5) is 33.8. The minimum absolute atomic E-state index is 0.0676. The van der Waals surface area contributed by atoms with E-state index >= 15 is 0 Å². The van der Waals surface area contributed by atoms with Crippen LogP contribution in [0.4, 0.5) is 17.3 Å². The first-order valence-electron chi connectivity index (χ1n) is 10.1. The second kappa shape index (κ2) is 9.80. The highest BCUT2D eigenvalue weighted by Gasteiger charge is 2.22. The third-order valence-corrected chi connectivity index (χ3v) is 5.34. The molecule has 0 atom stereocenters. The number of nitrogens with one attached hydrogen (secondary N) is 1. The molecule has 1 fully saturated rings. The van der Waals surface area contributed by atoms with Gasteiger partial charge in [-0.05, 0) is 12.1 Å². The number of nitrogens with zero attached hydrogens (tertiary/aromatic N) is 4. The van der Waals surface area contributed by atoms with E-state index in [1.807, 2.05) is 0 Å². The quantitative estimate of drug-likeness (QED) is 0.426. The molecule has 170 valence electrons.